The molecular weight excluding hydrogens is 266 g/mol. The van der Waals surface area contributed by atoms with Crippen LogP contribution in [0.5, 0.6) is 0 Å². The second-order valence-corrected chi connectivity index (χ2v) is 4.06. The first kappa shape index (κ1) is 12.0. The van der Waals surface area contributed by atoms with Crippen molar-refractivity contribution in [3.05, 3.63) is 40.0 Å². The van der Waals surface area contributed by atoms with Gasteiger partial charge in [0.1, 0.15) is 5.82 Å². The molecule has 0 amide bonds. The highest BCUT2D eigenvalue weighted by atomic mass is 35.5. The van der Waals surface area contributed by atoms with Crippen molar-refractivity contribution in [2.75, 3.05) is 5.32 Å². The van der Waals surface area contributed by atoms with E-state index in [0.29, 0.717) is 5.69 Å². The van der Waals surface area contributed by atoms with E-state index in [2.05, 4.69) is 20.5 Å². The van der Waals surface area contributed by atoms with Crippen LogP contribution in [0.25, 0.3) is 0 Å². The van der Waals surface area contributed by atoms with E-state index in [9.17, 15) is 4.39 Å². The Morgan fingerprint density at radius 3 is 2.65 bits per heavy atom. The second-order valence-electron chi connectivity index (χ2n) is 3.36. The van der Waals surface area contributed by atoms with E-state index < -0.39 is 0 Å². The summed E-state index contributed by atoms with van der Waals surface area (Å²) in [6.07, 6.45) is 0. The van der Waals surface area contributed by atoms with Crippen LogP contribution in [-0.2, 0) is 0 Å². The Kier molecular flexibility index (Phi) is 3.40. The second kappa shape index (κ2) is 4.81. The van der Waals surface area contributed by atoms with Gasteiger partial charge in [0.15, 0.2) is 11.0 Å². The Labute approximate surface area is 107 Å². The van der Waals surface area contributed by atoms with Crippen molar-refractivity contribution in [3.63, 3.8) is 0 Å². The molecule has 0 unspecified atom stereocenters. The van der Waals surface area contributed by atoms with Crippen LogP contribution in [0.3, 0.4) is 0 Å². The minimum Gasteiger partial charge on any atom is -0.337 e. The van der Waals surface area contributed by atoms with Crippen LogP contribution < -0.4 is 5.32 Å². The van der Waals surface area contributed by atoms with E-state index in [1.165, 1.54) is 12.1 Å². The van der Waals surface area contributed by atoms with E-state index in [0.717, 1.165) is 5.56 Å². The molecule has 1 heterocycles. The predicted molar refractivity (Wildman–Crippen MR) is 64.3 cm³/mol. The Bertz CT molecular complexity index is 542. The standard InChI is InChI=1S/C10H7Cl2FN4/c1-5-2-6(13)4-7(3-5)14-9-8(11)16-17-10(12)15-9/h2-4H,1H3,(H,14,15,17). The molecule has 2 aromatic rings. The quantitative estimate of drug-likeness (QED) is 0.911. The van der Waals surface area contributed by atoms with Crippen molar-refractivity contribution in [1.29, 1.82) is 0 Å². The van der Waals surface area contributed by atoms with Crippen molar-refractivity contribution < 1.29 is 4.39 Å². The molecule has 0 bridgehead atoms. The third-order valence-corrected chi connectivity index (χ3v) is 2.34. The minimum absolute atomic E-state index is 0.0370. The average Bonchev–Trinajstić information content (AvgIpc) is 2.22. The van der Waals surface area contributed by atoms with Gasteiger partial charge in [-0.05, 0) is 42.3 Å². The number of anilines is 2. The lowest BCUT2D eigenvalue weighted by atomic mass is 10.2. The monoisotopic (exact) mass is 272 g/mol. The van der Waals surface area contributed by atoms with Gasteiger partial charge in [-0.1, -0.05) is 11.6 Å². The molecule has 0 spiro atoms. The van der Waals surface area contributed by atoms with Gasteiger partial charge in [-0.3, -0.25) is 0 Å². The van der Waals surface area contributed by atoms with Crippen LogP contribution in [-0.4, -0.2) is 15.2 Å². The third-order valence-electron chi connectivity index (χ3n) is 1.92. The van der Waals surface area contributed by atoms with Crippen LogP contribution in [0.4, 0.5) is 15.9 Å². The molecule has 1 aromatic heterocycles. The largest absolute Gasteiger partial charge is 0.337 e. The summed E-state index contributed by atoms with van der Waals surface area (Å²) in [7, 11) is 0. The molecule has 0 aliphatic rings. The van der Waals surface area contributed by atoms with E-state index in [-0.39, 0.29) is 22.1 Å². The predicted octanol–water partition coefficient (Wildman–Crippen LogP) is 3.37. The summed E-state index contributed by atoms with van der Waals surface area (Å²) >= 11 is 11.4. The molecule has 1 N–H and O–H groups in total. The van der Waals surface area contributed by atoms with Crippen LogP contribution in [0.2, 0.25) is 10.4 Å². The zero-order chi connectivity index (χ0) is 12.4. The molecule has 2 rings (SSSR count). The first-order valence-electron chi connectivity index (χ1n) is 4.64. The van der Waals surface area contributed by atoms with E-state index >= 15 is 0 Å². The Hall–Kier alpha value is -1.46. The zero-order valence-electron chi connectivity index (χ0n) is 8.71. The van der Waals surface area contributed by atoms with Crippen LogP contribution in [0.1, 0.15) is 5.56 Å². The smallest absolute Gasteiger partial charge is 0.245 e. The molecule has 0 aliphatic carbocycles. The van der Waals surface area contributed by atoms with Gasteiger partial charge in [0.05, 0.1) is 0 Å². The molecule has 0 aliphatic heterocycles. The average molecular weight is 273 g/mol. The number of halogens is 3. The van der Waals surface area contributed by atoms with Crippen LogP contribution in [0, 0.1) is 12.7 Å². The number of nitrogens with one attached hydrogen (secondary N) is 1. The van der Waals surface area contributed by atoms with Gasteiger partial charge in [-0.2, -0.15) is 4.98 Å². The highest BCUT2D eigenvalue weighted by Crippen LogP contribution is 2.23. The number of benzene rings is 1. The minimum atomic E-state index is -0.350. The SMILES string of the molecule is Cc1cc(F)cc(Nc2nc(Cl)nnc2Cl)c1. The van der Waals surface area contributed by atoms with Crippen molar-refractivity contribution in [1.82, 2.24) is 15.2 Å². The van der Waals surface area contributed by atoms with E-state index in [1.54, 1.807) is 13.0 Å². The lowest BCUT2D eigenvalue weighted by Gasteiger charge is -2.07. The molecular formula is C10H7Cl2FN4. The topological polar surface area (TPSA) is 50.7 Å². The first-order chi connectivity index (χ1) is 8.04. The Morgan fingerprint density at radius 2 is 1.94 bits per heavy atom. The summed E-state index contributed by atoms with van der Waals surface area (Å²) in [4.78, 5) is 3.85. The maximum absolute atomic E-state index is 13.2. The molecule has 0 fully saturated rings. The van der Waals surface area contributed by atoms with Crippen molar-refractivity contribution >= 4 is 34.7 Å². The molecule has 88 valence electrons. The fourth-order valence-corrected chi connectivity index (χ4v) is 1.57. The molecule has 17 heavy (non-hydrogen) atoms. The highest BCUT2D eigenvalue weighted by Gasteiger charge is 2.07. The summed E-state index contributed by atoms with van der Waals surface area (Å²) in [6, 6.07) is 4.48. The number of aryl methyl sites for hydroxylation is 1. The van der Waals surface area contributed by atoms with Gasteiger partial charge in [0.25, 0.3) is 0 Å². The van der Waals surface area contributed by atoms with Crippen molar-refractivity contribution in [2.45, 2.75) is 6.92 Å². The fraction of sp³-hybridized carbons (Fsp3) is 0.100. The molecule has 4 nitrogen and oxygen atoms in total. The Morgan fingerprint density at radius 1 is 1.18 bits per heavy atom. The third kappa shape index (κ3) is 3.01. The zero-order valence-corrected chi connectivity index (χ0v) is 10.2. The van der Waals surface area contributed by atoms with Gasteiger partial charge in [0.2, 0.25) is 5.28 Å². The van der Waals surface area contributed by atoms with Gasteiger partial charge in [-0.15, -0.1) is 10.2 Å². The lowest BCUT2D eigenvalue weighted by Crippen LogP contribution is -1.99. The summed E-state index contributed by atoms with van der Waals surface area (Å²) in [6.45, 7) is 1.78. The molecule has 0 saturated carbocycles. The van der Waals surface area contributed by atoms with E-state index in [1.807, 2.05) is 0 Å². The summed E-state index contributed by atoms with van der Waals surface area (Å²) in [5, 5.41) is 9.91. The van der Waals surface area contributed by atoms with Gasteiger partial charge < -0.3 is 5.32 Å². The summed E-state index contributed by atoms with van der Waals surface area (Å²) in [5.74, 6) is -0.117. The summed E-state index contributed by atoms with van der Waals surface area (Å²) in [5.41, 5.74) is 1.29. The number of hydrogen-bond acceptors (Lipinski definition) is 4. The normalized spacial score (nSPS) is 10.4. The van der Waals surface area contributed by atoms with Crippen LogP contribution >= 0.6 is 23.2 Å². The number of rotatable bonds is 2. The van der Waals surface area contributed by atoms with Gasteiger partial charge >= 0.3 is 0 Å². The number of aromatic nitrogens is 3. The van der Waals surface area contributed by atoms with Gasteiger partial charge in [-0.25, -0.2) is 4.39 Å². The molecule has 1 aromatic carbocycles. The molecule has 0 saturated heterocycles. The number of nitrogens with zero attached hydrogens (tertiary/aromatic N) is 3. The Balaban J connectivity index is 2.34. The fourth-order valence-electron chi connectivity index (χ4n) is 1.32. The highest BCUT2D eigenvalue weighted by molar-refractivity contribution is 6.32. The number of hydrogen-bond donors (Lipinski definition) is 1. The molecule has 7 heteroatoms. The first-order valence-corrected chi connectivity index (χ1v) is 5.40. The van der Waals surface area contributed by atoms with Crippen molar-refractivity contribution in [3.8, 4) is 0 Å². The maximum Gasteiger partial charge on any atom is 0.245 e. The maximum atomic E-state index is 13.2. The van der Waals surface area contributed by atoms with E-state index in [4.69, 9.17) is 23.2 Å². The summed E-state index contributed by atoms with van der Waals surface area (Å²) < 4.78 is 13.2. The lowest BCUT2D eigenvalue weighted by molar-refractivity contribution is 0.627. The molecule has 0 atom stereocenters. The van der Waals surface area contributed by atoms with Crippen molar-refractivity contribution in [2.24, 2.45) is 0 Å². The van der Waals surface area contributed by atoms with Crippen LogP contribution in [0.15, 0.2) is 18.2 Å². The molecule has 0 radical (unpaired) electrons. The van der Waals surface area contributed by atoms with Gasteiger partial charge in [0, 0.05) is 5.69 Å².